The number of amides is 1. The molecule has 23 heavy (non-hydrogen) atoms. The number of fused-ring (bicyclic) bond motifs is 3. The van der Waals surface area contributed by atoms with Crippen molar-refractivity contribution in [3.63, 3.8) is 0 Å². The van der Waals surface area contributed by atoms with Gasteiger partial charge in [0.25, 0.3) is 5.91 Å². The number of benzene rings is 1. The van der Waals surface area contributed by atoms with Crippen molar-refractivity contribution in [1.29, 1.82) is 0 Å². The quantitative estimate of drug-likeness (QED) is 0.886. The summed E-state index contributed by atoms with van der Waals surface area (Å²) >= 11 is 1.77. The van der Waals surface area contributed by atoms with E-state index in [-0.39, 0.29) is 12.1 Å². The van der Waals surface area contributed by atoms with Gasteiger partial charge in [0, 0.05) is 24.7 Å². The summed E-state index contributed by atoms with van der Waals surface area (Å²) in [5.74, 6) is 0.0693. The van der Waals surface area contributed by atoms with E-state index >= 15 is 0 Å². The van der Waals surface area contributed by atoms with Gasteiger partial charge >= 0.3 is 0 Å². The topological polar surface area (TPSA) is 44.4 Å². The number of carbonyl (C=O) groups excluding carboxylic acids is 1. The van der Waals surface area contributed by atoms with Crippen molar-refractivity contribution in [1.82, 2.24) is 5.32 Å². The normalized spacial score (nSPS) is 19.4. The summed E-state index contributed by atoms with van der Waals surface area (Å²) in [6, 6.07) is 8.31. The standard InChI is InChI=1S/C18H21N3OS/c1-21(2)12-9-7-11(8-10-12)16-19-17(22)15-13-5-3-4-6-14(13)23-18(15)20-16/h7-10,16,20H,3-6H2,1-2H3,(H,19,22)/t16-/m0/s1. The van der Waals surface area contributed by atoms with Crippen molar-refractivity contribution in [3.8, 4) is 0 Å². The summed E-state index contributed by atoms with van der Waals surface area (Å²) < 4.78 is 0. The Morgan fingerprint density at radius 3 is 2.57 bits per heavy atom. The summed E-state index contributed by atoms with van der Waals surface area (Å²) in [5, 5.41) is 7.68. The Balaban J connectivity index is 1.64. The van der Waals surface area contributed by atoms with Gasteiger partial charge in [0.2, 0.25) is 0 Å². The molecule has 0 radical (unpaired) electrons. The molecule has 1 aliphatic heterocycles. The SMILES string of the molecule is CN(C)c1ccc([C@H]2NC(=O)c3c(sc4c3CCCC4)N2)cc1. The Hall–Kier alpha value is -2.01. The molecule has 4 nitrogen and oxygen atoms in total. The number of carbonyl (C=O) groups is 1. The highest BCUT2D eigenvalue weighted by Gasteiger charge is 2.31. The van der Waals surface area contributed by atoms with Gasteiger partial charge in [-0.3, -0.25) is 4.79 Å². The minimum absolute atomic E-state index is 0.0693. The fourth-order valence-corrected chi connectivity index (χ4v) is 4.72. The van der Waals surface area contributed by atoms with Gasteiger partial charge in [-0.25, -0.2) is 0 Å². The molecule has 0 fully saturated rings. The van der Waals surface area contributed by atoms with E-state index < -0.39 is 0 Å². The maximum absolute atomic E-state index is 12.6. The number of hydrogen-bond donors (Lipinski definition) is 2. The number of nitrogens with one attached hydrogen (secondary N) is 2. The van der Waals surface area contributed by atoms with Crippen molar-refractivity contribution in [2.75, 3.05) is 24.3 Å². The van der Waals surface area contributed by atoms with Crippen LogP contribution >= 0.6 is 11.3 Å². The van der Waals surface area contributed by atoms with E-state index in [9.17, 15) is 4.79 Å². The summed E-state index contributed by atoms with van der Waals surface area (Å²) in [7, 11) is 4.05. The highest BCUT2D eigenvalue weighted by atomic mass is 32.1. The fraction of sp³-hybridized carbons (Fsp3) is 0.389. The lowest BCUT2D eigenvalue weighted by molar-refractivity contribution is 0.0935. The van der Waals surface area contributed by atoms with Gasteiger partial charge in [0.05, 0.1) is 5.56 Å². The molecule has 0 spiro atoms. The number of hydrogen-bond acceptors (Lipinski definition) is 4. The monoisotopic (exact) mass is 327 g/mol. The maximum atomic E-state index is 12.6. The molecular formula is C18H21N3OS. The van der Waals surface area contributed by atoms with Crippen LogP contribution in [0.1, 0.15) is 45.4 Å². The van der Waals surface area contributed by atoms with Crippen molar-refractivity contribution < 1.29 is 4.79 Å². The third-order valence-electron chi connectivity index (χ3n) is 4.69. The van der Waals surface area contributed by atoms with Crippen LogP contribution < -0.4 is 15.5 Å². The van der Waals surface area contributed by atoms with Gasteiger partial charge in [-0.05, 0) is 48.9 Å². The lowest BCUT2D eigenvalue weighted by Crippen LogP contribution is -2.38. The van der Waals surface area contributed by atoms with E-state index in [0.29, 0.717) is 0 Å². The molecule has 1 aliphatic carbocycles. The van der Waals surface area contributed by atoms with Crippen molar-refractivity contribution in [3.05, 3.63) is 45.8 Å². The largest absolute Gasteiger partial charge is 0.378 e. The third-order valence-corrected chi connectivity index (χ3v) is 5.92. The van der Waals surface area contributed by atoms with Crippen molar-refractivity contribution >= 4 is 27.9 Å². The molecule has 0 saturated carbocycles. The Morgan fingerprint density at radius 2 is 1.83 bits per heavy atom. The summed E-state index contributed by atoms with van der Waals surface area (Å²) in [6.45, 7) is 0. The van der Waals surface area contributed by atoms with Crippen LogP contribution in [0, 0.1) is 0 Å². The number of rotatable bonds is 2. The van der Waals surface area contributed by atoms with Gasteiger partial charge in [0.1, 0.15) is 11.2 Å². The van der Waals surface area contributed by atoms with E-state index in [1.165, 1.54) is 23.3 Å². The van der Waals surface area contributed by atoms with E-state index in [4.69, 9.17) is 0 Å². The molecule has 0 saturated heterocycles. The van der Waals surface area contributed by atoms with Crippen LogP contribution in [0.5, 0.6) is 0 Å². The predicted molar refractivity (Wildman–Crippen MR) is 95.6 cm³/mol. The highest BCUT2D eigenvalue weighted by molar-refractivity contribution is 7.16. The van der Waals surface area contributed by atoms with Gasteiger partial charge < -0.3 is 15.5 Å². The maximum Gasteiger partial charge on any atom is 0.256 e. The summed E-state index contributed by atoms with van der Waals surface area (Å²) in [6.07, 6.45) is 4.44. The zero-order chi connectivity index (χ0) is 16.0. The molecule has 4 rings (SSSR count). The van der Waals surface area contributed by atoms with E-state index in [1.807, 2.05) is 14.1 Å². The Kier molecular flexibility index (Phi) is 3.53. The van der Waals surface area contributed by atoms with Gasteiger partial charge in [-0.2, -0.15) is 0 Å². The molecular weight excluding hydrogens is 306 g/mol. The molecule has 1 aromatic carbocycles. The smallest absolute Gasteiger partial charge is 0.256 e. The van der Waals surface area contributed by atoms with Crippen molar-refractivity contribution in [2.24, 2.45) is 0 Å². The first kappa shape index (κ1) is 14.6. The molecule has 120 valence electrons. The average molecular weight is 327 g/mol. The lowest BCUT2D eigenvalue weighted by Gasteiger charge is -2.27. The minimum atomic E-state index is -0.147. The first-order chi connectivity index (χ1) is 11.1. The lowest BCUT2D eigenvalue weighted by atomic mass is 9.94. The number of nitrogens with zero attached hydrogens (tertiary/aromatic N) is 1. The molecule has 2 heterocycles. The Morgan fingerprint density at radius 1 is 1.09 bits per heavy atom. The Bertz CT molecular complexity index is 748. The molecule has 0 bridgehead atoms. The van der Waals surface area contributed by atoms with Crippen molar-refractivity contribution in [2.45, 2.75) is 31.8 Å². The third kappa shape index (κ3) is 2.49. The van der Waals surface area contributed by atoms with Crippen LogP contribution in [-0.4, -0.2) is 20.0 Å². The average Bonchev–Trinajstić information content (AvgIpc) is 2.93. The second-order valence-corrected chi connectivity index (χ2v) is 7.56. The van der Waals surface area contributed by atoms with Crippen LogP contribution in [0.25, 0.3) is 0 Å². The first-order valence-corrected chi connectivity index (χ1v) is 8.94. The zero-order valence-electron chi connectivity index (χ0n) is 13.5. The minimum Gasteiger partial charge on any atom is -0.378 e. The molecule has 2 aromatic rings. The van der Waals surface area contributed by atoms with Gasteiger partial charge in [0.15, 0.2) is 0 Å². The second-order valence-electron chi connectivity index (χ2n) is 6.45. The number of anilines is 2. The van der Waals surface area contributed by atoms with E-state index in [2.05, 4.69) is 39.8 Å². The fourth-order valence-electron chi connectivity index (χ4n) is 3.41. The molecule has 5 heteroatoms. The molecule has 1 aromatic heterocycles. The van der Waals surface area contributed by atoms with Crippen LogP contribution in [-0.2, 0) is 12.8 Å². The number of thiophene rings is 1. The van der Waals surface area contributed by atoms with Gasteiger partial charge in [-0.1, -0.05) is 12.1 Å². The zero-order valence-corrected chi connectivity index (χ0v) is 14.3. The van der Waals surface area contributed by atoms with E-state index in [0.717, 1.165) is 34.7 Å². The predicted octanol–water partition coefficient (Wildman–Crippen LogP) is 3.55. The number of aryl methyl sites for hydroxylation is 1. The van der Waals surface area contributed by atoms with Crippen LogP contribution in [0.3, 0.4) is 0 Å². The van der Waals surface area contributed by atoms with Gasteiger partial charge in [-0.15, -0.1) is 11.3 Å². The van der Waals surface area contributed by atoms with Crippen LogP contribution in [0.4, 0.5) is 10.7 Å². The summed E-state index contributed by atoms with van der Waals surface area (Å²) in [5.41, 5.74) is 4.41. The summed E-state index contributed by atoms with van der Waals surface area (Å²) in [4.78, 5) is 16.1. The second kappa shape index (κ2) is 5.57. The Labute approximate surface area is 140 Å². The molecule has 1 amide bonds. The molecule has 1 atom stereocenters. The molecule has 2 N–H and O–H groups in total. The highest BCUT2D eigenvalue weighted by Crippen LogP contribution is 2.41. The van der Waals surface area contributed by atoms with Crippen LogP contribution in [0.15, 0.2) is 24.3 Å². The first-order valence-electron chi connectivity index (χ1n) is 8.12. The van der Waals surface area contributed by atoms with Crippen LogP contribution in [0.2, 0.25) is 0 Å². The molecule has 0 unspecified atom stereocenters. The molecule has 2 aliphatic rings. The van der Waals surface area contributed by atoms with E-state index in [1.54, 1.807) is 11.3 Å².